The lowest BCUT2D eigenvalue weighted by Crippen LogP contribution is -1.95. The van der Waals surface area contributed by atoms with Crippen LogP contribution < -0.4 is 0 Å². The van der Waals surface area contributed by atoms with Crippen LogP contribution in [0.5, 0.6) is 0 Å². The van der Waals surface area contributed by atoms with E-state index in [0.29, 0.717) is 5.71 Å². The van der Waals surface area contributed by atoms with Crippen molar-refractivity contribution >= 4 is 22.9 Å². The Morgan fingerprint density at radius 1 is 1.13 bits per heavy atom. The van der Waals surface area contributed by atoms with Crippen molar-refractivity contribution in [2.45, 2.75) is 17.1 Å². The molecule has 4 heterocycles. The molecule has 0 spiro atoms. The van der Waals surface area contributed by atoms with Crippen molar-refractivity contribution in [1.82, 2.24) is 34.9 Å². The molecule has 9 heteroatoms. The highest BCUT2D eigenvalue weighted by Gasteiger charge is 2.17. The van der Waals surface area contributed by atoms with E-state index in [1.54, 1.807) is 12.4 Å². The highest BCUT2D eigenvalue weighted by atomic mass is 32.2. The van der Waals surface area contributed by atoms with Gasteiger partial charge in [0.25, 0.3) is 5.71 Å². The van der Waals surface area contributed by atoms with Crippen LogP contribution in [0.1, 0.15) is 5.69 Å². The van der Waals surface area contributed by atoms with E-state index in [0.717, 1.165) is 32.7 Å². The highest BCUT2D eigenvalue weighted by molar-refractivity contribution is 7.99. The van der Waals surface area contributed by atoms with Gasteiger partial charge in [0, 0.05) is 25.0 Å². The van der Waals surface area contributed by atoms with Gasteiger partial charge in [0.05, 0.1) is 11.1 Å². The fraction of sp³-hybridized carbons (Fsp3) is 0.143. The third-order valence-corrected chi connectivity index (χ3v) is 4.41. The monoisotopic (exact) mass is 325 g/mol. The van der Waals surface area contributed by atoms with Gasteiger partial charge >= 0.3 is 0 Å². The van der Waals surface area contributed by atoms with Crippen LogP contribution in [0.3, 0.4) is 0 Å². The standard InChI is InChI=1S/C14H11N7OS/c1-8-10-12(22-20-8)16-7-17-13(10)23-14-19-18-11(21(14)2)9-3-5-15-6-4-9/h3-7H,1-2H3. The molecule has 4 rings (SSSR count). The maximum Gasteiger partial charge on any atom is 0.262 e. The Hall–Kier alpha value is -2.81. The summed E-state index contributed by atoms with van der Waals surface area (Å²) >= 11 is 1.40. The Morgan fingerprint density at radius 3 is 2.78 bits per heavy atom. The number of rotatable bonds is 3. The van der Waals surface area contributed by atoms with Crippen LogP contribution in [0.2, 0.25) is 0 Å². The lowest BCUT2D eigenvalue weighted by atomic mass is 10.2. The van der Waals surface area contributed by atoms with Gasteiger partial charge in [0.15, 0.2) is 11.0 Å². The molecular formula is C14H11N7OS. The zero-order chi connectivity index (χ0) is 15.8. The molecule has 0 saturated heterocycles. The Balaban J connectivity index is 1.75. The minimum atomic E-state index is 0.469. The number of hydrogen-bond donors (Lipinski definition) is 0. The zero-order valence-corrected chi connectivity index (χ0v) is 13.2. The number of aromatic nitrogens is 7. The van der Waals surface area contributed by atoms with Gasteiger partial charge in [-0.15, -0.1) is 10.2 Å². The van der Waals surface area contributed by atoms with E-state index >= 15 is 0 Å². The molecule has 4 aromatic rings. The third kappa shape index (κ3) is 2.34. The molecule has 0 aromatic carbocycles. The third-order valence-electron chi connectivity index (χ3n) is 3.37. The van der Waals surface area contributed by atoms with Gasteiger partial charge in [-0.05, 0) is 30.8 Å². The van der Waals surface area contributed by atoms with Gasteiger partial charge < -0.3 is 9.09 Å². The molecule has 4 aromatic heterocycles. The average Bonchev–Trinajstić information content (AvgIpc) is 3.13. The normalized spacial score (nSPS) is 11.2. The second-order valence-corrected chi connectivity index (χ2v) is 5.79. The van der Waals surface area contributed by atoms with E-state index in [2.05, 4.69) is 30.3 Å². The summed E-state index contributed by atoms with van der Waals surface area (Å²) in [4.78, 5) is 12.4. The van der Waals surface area contributed by atoms with Gasteiger partial charge in [0.1, 0.15) is 11.4 Å². The largest absolute Gasteiger partial charge is 0.335 e. The van der Waals surface area contributed by atoms with Crippen LogP contribution in [0.4, 0.5) is 0 Å². The fourth-order valence-corrected chi connectivity index (χ4v) is 3.13. The molecule has 0 amide bonds. The minimum Gasteiger partial charge on any atom is -0.335 e. The van der Waals surface area contributed by atoms with Crippen molar-refractivity contribution in [3.63, 3.8) is 0 Å². The van der Waals surface area contributed by atoms with Crippen LogP contribution in [0.15, 0.2) is 45.6 Å². The van der Waals surface area contributed by atoms with Crippen LogP contribution in [0, 0.1) is 6.92 Å². The van der Waals surface area contributed by atoms with Gasteiger partial charge in [-0.2, -0.15) is 4.98 Å². The van der Waals surface area contributed by atoms with E-state index in [-0.39, 0.29) is 0 Å². The van der Waals surface area contributed by atoms with Crippen LogP contribution in [-0.2, 0) is 7.05 Å². The quantitative estimate of drug-likeness (QED) is 0.529. The molecule has 0 N–H and O–H groups in total. The van der Waals surface area contributed by atoms with Gasteiger partial charge in [-0.25, -0.2) is 4.98 Å². The van der Waals surface area contributed by atoms with Crippen molar-refractivity contribution in [3.05, 3.63) is 36.5 Å². The maximum atomic E-state index is 5.17. The van der Waals surface area contributed by atoms with E-state index in [1.807, 2.05) is 30.7 Å². The second-order valence-electron chi connectivity index (χ2n) is 4.83. The van der Waals surface area contributed by atoms with E-state index in [4.69, 9.17) is 4.52 Å². The summed E-state index contributed by atoms with van der Waals surface area (Å²) in [6.07, 6.45) is 4.91. The van der Waals surface area contributed by atoms with Gasteiger partial charge in [-0.1, -0.05) is 5.16 Å². The molecule has 114 valence electrons. The molecule has 0 unspecified atom stereocenters. The Labute approximate surface area is 135 Å². The van der Waals surface area contributed by atoms with Crippen molar-refractivity contribution < 1.29 is 4.52 Å². The Bertz CT molecular complexity index is 979. The number of hydrogen-bond acceptors (Lipinski definition) is 8. The molecule has 0 atom stereocenters. The SMILES string of the molecule is Cc1noc2ncnc(Sc3nnc(-c4ccncc4)n3C)c12. The maximum absolute atomic E-state index is 5.17. The molecule has 0 radical (unpaired) electrons. The number of pyridine rings is 1. The molecule has 0 aliphatic carbocycles. The lowest BCUT2D eigenvalue weighted by Gasteiger charge is -2.03. The number of aryl methyl sites for hydroxylation is 1. The van der Waals surface area contributed by atoms with Crippen molar-refractivity contribution in [2.75, 3.05) is 0 Å². The second kappa shape index (κ2) is 5.43. The van der Waals surface area contributed by atoms with Crippen LogP contribution in [-0.4, -0.2) is 34.9 Å². The topological polar surface area (TPSA) is 95.4 Å². The molecule has 8 nitrogen and oxygen atoms in total. The minimum absolute atomic E-state index is 0.469. The Kier molecular flexibility index (Phi) is 3.27. The van der Waals surface area contributed by atoms with Gasteiger partial charge in [-0.3, -0.25) is 4.98 Å². The Morgan fingerprint density at radius 2 is 1.96 bits per heavy atom. The number of fused-ring (bicyclic) bond motifs is 1. The molecule has 0 fully saturated rings. The fourth-order valence-electron chi connectivity index (χ4n) is 2.21. The lowest BCUT2D eigenvalue weighted by molar-refractivity contribution is 0.442. The van der Waals surface area contributed by atoms with Gasteiger partial charge in [0.2, 0.25) is 0 Å². The van der Waals surface area contributed by atoms with Crippen LogP contribution >= 0.6 is 11.8 Å². The summed E-state index contributed by atoms with van der Waals surface area (Å²) in [5, 5.41) is 14.7. The number of nitrogens with zero attached hydrogens (tertiary/aromatic N) is 7. The molecular weight excluding hydrogens is 314 g/mol. The zero-order valence-electron chi connectivity index (χ0n) is 12.3. The van der Waals surface area contributed by atoms with Crippen LogP contribution in [0.25, 0.3) is 22.5 Å². The predicted molar refractivity (Wildman–Crippen MR) is 82.7 cm³/mol. The summed E-state index contributed by atoms with van der Waals surface area (Å²) in [7, 11) is 1.91. The summed E-state index contributed by atoms with van der Waals surface area (Å²) in [5.41, 5.74) is 2.17. The summed E-state index contributed by atoms with van der Waals surface area (Å²) < 4.78 is 7.08. The predicted octanol–water partition coefficient (Wildman–Crippen LogP) is 2.27. The first-order valence-corrected chi connectivity index (χ1v) is 7.60. The highest BCUT2D eigenvalue weighted by Crippen LogP contribution is 2.32. The van der Waals surface area contributed by atoms with Crippen molar-refractivity contribution in [2.24, 2.45) is 7.05 Å². The first-order valence-electron chi connectivity index (χ1n) is 6.78. The van der Waals surface area contributed by atoms with Crippen molar-refractivity contribution in [3.8, 4) is 11.4 Å². The van der Waals surface area contributed by atoms with E-state index in [1.165, 1.54) is 18.1 Å². The summed E-state index contributed by atoms with van der Waals surface area (Å²) in [6, 6.07) is 3.79. The molecule has 23 heavy (non-hydrogen) atoms. The molecule has 0 saturated carbocycles. The summed E-state index contributed by atoms with van der Waals surface area (Å²) in [6.45, 7) is 1.86. The first kappa shape index (κ1) is 13.8. The first-order chi connectivity index (χ1) is 11.2. The average molecular weight is 325 g/mol. The molecule has 0 bridgehead atoms. The molecule has 0 aliphatic rings. The van der Waals surface area contributed by atoms with Crippen molar-refractivity contribution in [1.29, 1.82) is 0 Å². The van der Waals surface area contributed by atoms with E-state index in [9.17, 15) is 0 Å². The summed E-state index contributed by atoms with van der Waals surface area (Å²) in [5.74, 6) is 0.766. The van der Waals surface area contributed by atoms with E-state index < -0.39 is 0 Å². The smallest absolute Gasteiger partial charge is 0.262 e. The molecule has 0 aliphatic heterocycles.